The third-order valence-electron chi connectivity index (χ3n) is 5.35. The Morgan fingerprint density at radius 3 is 2.43 bits per heavy atom. The van der Waals surface area contributed by atoms with Gasteiger partial charge in [-0.3, -0.25) is 4.79 Å². The SMILES string of the molecule is CCCCOC(=O)[C@@H](C)N(C)C(=O)[C@@H]1C[C@H](C)CC[C@H]1C(C)C. The molecule has 0 heterocycles. The summed E-state index contributed by atoms with van der Waals surface area (Å²) in [5, 5.41) is 0. The third kappa shape index (κ3) is 5.50. The molecule has 23 heavy (non-hydrogen) atoms. The van der Waals surface area contributed by atoms with E-state index in [0.717, 1.165) is 25.7 Å². The van der Waals surface area contributed by atoms with Crippen molar-refractivity contribution in [2.75, 3.05) is 13.7 Å². The minimum Gasteiger partial charge on any atom is -0.464 e. The van der Waals surface area contributed by atoms with Crippen LogP contribution in [0.3, 0.4) is 0 Å². The van der Waals surface area contributed by atoms with E-state index in [1.165, 1.54) is 6.42 Å². The van der Waals surface area contributed by atoms with Crippen LogP contribution >= 0.6 is 0 Å². The van der Waals surface area contributed by atoms with Gasteiger partial charge in [0.25, 0.3) is 0 Å². The number of nitrogens with zero attached hydrogens (tertiary/aromatic N) is 1. The highest BCUT2D eigenvalue weighted by atomic mass is 16.5. The largest absolute Gasteiger partial charge is 0.464 e. The van der Waals surface area contributed by atoms with Crippen molar-refractivity contribution in [3.63, 3.8) is 0 Å². The smallest absolute Gasteiger partial charge is 0.328 e. The van der Waals surface area contributed by atoms with E-state index < -0.39 is 6.04 Å². The second kappa shape index (κ2) is 9.29. The lowest BCUT2D eigenvalue weighted by Gasteiger charge is -2.39. The number of unbranched alkanes of at least 4 members (excludes halogenated alkanes) is 1. The van der Waals surface area contributed by atoms with Gasteiger partial charge in [0.05, 0.1) is 6.61 Å². The zero-order valence-electron chi connectivity index (χ0n) is 15.8. The van der Waals surface area contributed by atoms with E-state index in [1.54, 1.807) is 18.9 Å². The molecule has 1 amide bonds. The molecule has 0 radical (unpaired) electrons. The van der Waals surface area contributed by atoms with E-state index >= 15 is 0 Å². The van der Waals surface area contributed by atoms with Gasteiger partial charge in [0.2, 0.25) is 5.91 Å². The molecule has 4 atom stereocenters. The van der Waals surface area contributed by atoms with Crippen molar-refractivity contribution in [3.05, 3.63) is 0 Å². The maximum absolute atomic E-state index is 13.0. The molecular formula is C19H35NO3. The average molecular weight is 325 g/mol. The van der Waals surface area contributed by atoms with Gasteiger partial charge < -0.3 is 9.64 Å². The first-order valence-electron chi connectivity index (χ1n) is 9.22. The molecule has 4 heteroatoms. The summed E-state index contributed by atoms with van der Waals surface area (Å²) >= 11 is 0. The lowest BCUT2D eigenvalue weighted by molar-refractivity contribution is -0.156. The first-order chi connectivity index (χ1) is 10.8. The minimum atomic E-state index is -0.510. The standard InChI is InChI=1S/C19H35NO3/c1-7-8-11-23-19(22)15(5)20(6)18(21)17-12-14(4)9-10-16(17)13(2)3/h13-17H,7-12H2,1-6H3/t14-,15-,16+,17-/m1/s1. The molecule has 0 spiro atoms. The van der Waals surface area contributed by atoms with Gasteiger partial charge in [0.1, 0.15) is 6.04 Å². The maximum atomic E-state index is 13.0. The van der Waals surface area contributed by atoms with Crippen molar-refractivity contribution in [1.29, 1.82) is 0 Å². The molecule has 1 fully saturated rings. The number of hydrogen-bond acceptors (Lipinski definition) is 3. The Bertz CT molecular complexity index is 394. The van der Waals surface area contributed by atoms with Gasteiger partial charge in [0, 0.05) is 13.0 Å². The Morgan fingerprint density at radius 1 is 1.22 bits per heavy atom. The third-order valence-corrected chi connectivity index (χ3v) is 5.35. The zero-order valence-corrected chi connectivity index (χ0v) is 15.8. The number of esters is 1. The highest BCUT2D eigenvalue weighted by Gasteiger charge is 2.38. The van der Waals surface area contributed by atoms with E-state index in [2.05, 4.69) is 27.7 Å². The molecule has 0 bridgehead atoms. The summed E-state index contributed by atoms with van der Waals surface area (Å²) in [7, 11) is 1.74. The lowest BCUT2D eigenvalue weighted by Crippen LogP contribution is -2.47. The molecule has 0 aromatic rings. The van der Waals surface area contributed by atoms with Crippen LogP contribution in [0.15, 0.2) is 0 Å². The summed E-state index contributed by atoms with van der Waals surface area (Å²) < 4.78 is 5.27. The molecule has 0 aromatic heterocycles. The number of likely N-dealkylation sites (N-methyl/N-ethyl adjacent to an activating group) is 1. The summed E-state index contributed by atoms with van der Waals surface area (Å²) in [5.74, 6) is 1.35. The molecular weight excluding hydrogens is 290 g/mol. The van der Waals surface area contributed by atoms with Crippen molar-refractivity contribution in [2.24, 2.45) is 23.7 Å². The first-order valence-corrected chi connectivity index (χ1v) is 9.22. The molecule has 4 nitrogen and oxygen atoms in total. The predicted molar refractivity (Wildman–Crippen MR) is 92.9 cm³/mol. The molecule has 134 valence electrons. The van der Waals surface area contributed by atoms with Gasteiger partial charge in [0.15, 0.2) is 0 Å². The van der Waals surface area contributed by atoms with Crippen molar-refractivity contribution < 1.29 is 14.3 Å². The monoisotopic (exact) mass is 325 g/mol. The maximum Gasteiger partial charge on any atom is 0.328 e. The van der Waals surface area contributed by atoms with E-state index in [4.69, 9.17) is 4.74 Å². The van der Waals surface area contributed by atoms with Gasteiger partial charge in [-0.2, -0.15) is 0 Å². The van der Waals surface area contributed by atoms with Crippen molar-refractivity contribution in [3.8, 4) is 0 Å². The fourth-order valence-corrected chi connectivity index (χ4v) is 3.53. The predicted octanol–water partition coefficient (Wildman–Crippen LogP) is 3.89. The van der Waals surface area contributed by atoms with E-state index in [0.29, 0.717) is 24.4 Å². The minimum absolute atomic E-state index is 0.0367. The fourth-order valence-electron chi connectivity index (χ4n) is 3.53. The van der Waals surface area contributed by atoms with Crippen molar-refractivity contribution >= 4 is 11.9 Å². The molecule has 1 saturated carbocycles. The molecule has 0 aliphatic heterocycles. The van der Waals surface area contributed by atoms with Crippen LogP contribution in [0, 0.1) is 23.7 Å². The van der Waals surface area contributed by atoms with E-state index in [-0.39, 0.29) is 17.8 Å². The van der Waals surface area contributed by atoms with Gasteiger partial charge in [-0.15, -0.1) is 0 Å². The first kappa shape index (κ1) is 20.0. The lowest BCUT2D eigenvalue weighted by atomic mass is 9.69. The topological polar surface area (TPSA) is 46.6 Å². The fraction of sp³-hybridized carbons (Fsp3) is 0.895. The number of amides is 1. The van der Waals surface area contributed by atoms with Crippen LogP contribution < -0.4 is 0 Å². The summed E-state index contributed by atoms with van der Waals surface area (Å²) in [6, 6.07) is -0.510. The summed E-state index contributed by atoms with van der Waals surface area (Å²) in [5.41, 5.74) is 0. The molecule has 1 rings (SSSR count). The zero-order chi connectivity index (χ0) is 17.6. The second-order valence-electron chi connectivity index (χ2n) is 7.58. The number of rotatable bonds is 7. The van der Waals surface area contributed by atoms with E-state index in [1.807, 2.05) is 0 Å². The molecule has 0 unspecified atom stereocenters. The van der Waals surface area contributed by atoms with Gasteiger partial charge >= 0.3 is 5.97 Å². The van der Waals surface area contributed by atoms with Crippen LogP contribution in [-0.4, -0.2) is 36.5 Å². The van der Waals surface area contributed by atoms with Crippen molar-refractivity contribution in [1.82, 2.24) is 4.90 Å². The van der Waals surface area contributed by atoms with Crippen LogP contribution in [0.2, 0.25) is 0 Å². The molecule has 1 aliphatic carbocycles. The Hall–Kier alpha value is -1.06. The summed E-state index contributed by atoms with van der Waals surface area (Å²) in [6.07, 6.45) is 5.10. The quantitative estimate of drug-likeness (QED) is 0.527. The summed E-state index contributed by atoms with van der Waals surface area (Å²) in [6.45, 7) is 10.9. The van der Waals surface area contributed by atoms with Crippen molar-refractivity contribution in [2.45, 2.75) is 72.8 Å². The molecule has 1 aliphatic rings. The van der Waals surface area contributed by atoms with Gasteiger partial charge in [-0.25, -0.2) is 4.79 Å². The highest BCUT2D eigenvalue weighted by molar-refractivity contribution is 5.85. The second-order valence-corrected chi connectivity index (χ2v) is 7.58. The Morgan fingerprint density at radius 2 is 1.87 bits per heavy atom. The van der Waals surface area contributed by atoms with E-state index in [9.17, 15) is 9.59 Å². The Kier molecular flexibility index (Phi) is 8.07. The van der Waals surface area contributed by atoms with Crippen LogP contribution in [0.4, 0.5) is 0 Å². The Labute approximate surface area is 141 Å². The highest BCUT2D eigenvalue weighted by Crippen LogP contribution is 2.39. The normalized spacial score (nSPS) is 26.0. The number of ether oxygens (including phenoxy) is 1. The Balaban J connectivity index is 2.70. The van der Waals surface area contributed by atoms with Crippen LogP contribution in [0.1, 0.15) is 66.7 Å². The molecule has 0 aromatic carbocycles. The average Bonchev–Trinajstić information content (AvgIpc) is 2.52. The van der Waals surface area contributed by atoms with Crippen LogP contribution in [-0.2, 0) is 14.3 Å². The molecule has 0 N–H and O–H groups in total. The number of hydrogen-bond donors (Lipinski definition) is 0. The molecule has 0 saturated heterocycles. The summed E-state index contributed by atoms with van der Waals surface area (Å²) in [4.78, 5) is 26.7. The number of carbonyl (C=O) groups excluding carboxylic acids is 2. The van der Waals surface area contributed by atoms with Crippen LogP contribution in [0.25, 0.3) is 0 Å². The van der Waals surface area contributed by atoms with Crippen LogP contribution in [0.5, 0.6) is 0 Å². The number of carbonyl (C=O) groups is 2. The van der Waals surface area contributed by atoms with Gasteiger partial charge in [-0.1, -0.05) is 40.5 Å². The van der Waals surface area contributed by atoms with Gasteiger partial charge in [-0.05, 0) is 43.9 Å².